The first-order chi connectivity index (χ1) is 13.4. The summed E-state index contributed by atoms with van der Waals surface area (Å²) in [6.07, 6.45) is 7.78. The third-order valence-corrected chi connectivity index (χ3v) is 5.71. The molecule has 0 atom stereocenters. The molecule has 28 heavy (non-hydrogen) atoms. The lowest BCUT2D eigenvalue weighted by Crippen LogP contribution is -2.16. The van der Waals surface area contributed by atoms with Gasteiger partial charge in [0.05, 0.1) is 11.7 Å². The molecule has 4 nitrogen and oxygen atoms in total. The van der Waals surface area contributed by atoms with E-state index < -0.39 is 0 Å². The van der Waals surface area contributed by atoms with Crippen LogP contribution in [0.15, 0.2) is 30.3 Å². The van der Waals surface area contributed by atoms with Gasteiger partial charge in [-0.05, 0) is 68.9 Å². The number of nitrogens with one attached hydrogen (secondary N) is 1. The Kier molecular flexibility index (Phi) is 6.62. The number of fused-ring (bicyclic) bond motifs is 1. The third kappa shape index (κ3) is 5.07. The number of thiophene rings is 1. The van der Waals surface area contributed by atoms with Crippen molar-refractivity contribution in [2.45, 2.75) is 52.1 Å². The van der Waals surface area contributed by atoms with Crippen LogP contribution in [-0.2, 0) is 22.4 Å². The number of ether oxygens (including phenoxy) is 1. The number of esters is 1. The highest BCUT2D eigenvalue weighted by molar-refractivity contribution is 7.17. The number of anilines is 1. The summed E-state index contributed by atoms with van der Waals surface area (Å²) >= 11 is 1.47. The molecule has 1 aliphatic carbocycles. The molecule has 1 amide bonds. The molecule has 0 radical (unpaired) electrons. The van der Waals surface area contributed by atoms with Gasteiger partial charge in [0.2, 0.25) is 5.91 Å². The zero-order valence-electron chi connectivity index (χ0n) is 16.1. The van der Waals surface area contributed by atoms with Gasteiger partial charge in [0.25, 0.3) is 0 Å². The molecule has 0 spiro atoms. The molecule has 1 N–H and O–H groups in total. The average Bonchev–Trinajstić information content (AvgIpc) is 2.81. The van der Waals surface area contributed by atoms with Crippen LogP contribution in [0, 0.1) is 5.82 Å². The lowest BCUT2D eigenvalue weighted by Gasteiger charge is -2.11. The van der Waals surface area contributed by atoms with Crippen LogP contribution in [0.3, 0.4) is 0 Å². The smallest absolute Gasteiger partial charge is 0.341 e. The van der Waals surface area contributed by atoms with Crippen molar-refractivity contribution < 1.29 is 18.7 Å². The molecule has 1 heterocycles. The SMILES string of the molecule is CC(C)OC(=O)c1c(NC(=O)/C=C/c2ccc(F)cc2)sc2c1CCCCC2. The molecule has 0 saturated heterocycles. The van der Waals surface area contributed by atoms with E-state index in [0.717, 1.165) is 48.1 Å². The zero-order valence-corrected chi connectivity index (χ0v) is 16.9. The van der Waals surface area contributed by atoms with Gasteiger partial charge in [0.1, 0.15) is 10.8 Å². The van der Waals surface area contributed by atoms with Crippen LogP contribution in [-0.4, -0.2) is 18.0 Å². The Hall–Kier alpha value is -2.47. The van der Waals surface area contributed by atoms with Gasteiger partial charge in [0, 0.05) is 11.0 Å². The van der Waals surface area contributed by atoms with E-state index in [4.69, 9.17) is 4.74 Å². The average molecular weight is 402 g/mol. The van der Waals surface area contributed by atoms with Crippen molar-refractivity contribution in [3.63, 3.8) is 0 Å². The van der Waals surface area contributed by atoms with E-state index in [2.05, 4.69) is 5.32 Å². The van der Waals surface area contributed by atoms with Crippen molar-refractivity contribution >= 4 is 34.3 Å². The van der Waals surface area contributed by atoms with E-state index in [1.165, 1.54) is 29.5 Å². The van der Waals surface area contributed by atoms with E-state index in [9.17, 15) is 14.0 Å². The molecule has 3 rings (SSSR count). The molecule has 1 aromatic carbocycles. The Morgan fingerprint density at radius 1 is 1.14 bits per heavy atom. The molecule has 1 aromatic heterocycles. The fourth-order valence-corrected chi connectivity index (χ4v) is 4.50. The van der Waals surface area contributed by atoms with Gasteiger partial charge in [-0.15, -0.1) is 11.3 Å². The van der Waals surface area contributed by atoms with Crippen LogP contribution in [0.2, 0.25) is 0 Å². The van der Waals surface area contributed by atoms with Gasteiger partial charge in [-0.3, -0.25) is 4.79 Å². The maximum Gasteiger partial charge on any atom is 0.341 e. The summed E-state index contributed by atoms with van der Waals surface area (Å²) in [4.78, 5) is 26.3. The van der Waals surface area contributed by atoms with Crippen LogP contribution < -0.4 is 5.32 Å². The monoisotopic (exact) mass is 401 g/mol. The summed E-state index contributed by atoms with van der Waals surface area (Å²) in [5.41, 5.74) is 2.24. The number of rotatable bonds is 5. The van der Waals surface area contributed by atoms with Gasteiger partial charge >= 0.3 is 5.97 Å². The minimum atomic E-state index is -0.382. The maximum atomic E-state index is 13.0. The fourth-order valence-electron chi connectivity index (χ4n) is 3.22. The molecule has 0 aliphatic heterocycles. The van der Waals surface area contributed by atoms with E-state index in [1.54, 1.807) is 18.2 Å². The maximum absolute atomic E-state index is 13.0. The van der Waals surface area contributed by atoms with Crippen LogP contribution in [0.1, 0.15) is 59.5 Å². The molecule has 0 bridgehead atoms. The van der Waals surface area contributed by atoms with Crippen LogP contribution >= 0.6 is 11.3 Å². The number of aryl methyl sites for hydroxylation is 1. The van der Waals surface area contributed by atoms with Crippen molar-refractivity contribution in [1.29, 1.82) is 0 Å². The first-order valence-electron chi connectivity index (χ1n) is 9.54. The Morgan fingerprint density at radius 3 is 2.57 bits per heavy atom. The van der Waals surface area contributed by atoms with E-state index in [1.807, 2.05) is 13.8 Å². The van der Waals surface area contributed by atoms with Crippen LogP contribution in [0.25, 0.3) is 6.08 Å². The fraction of sp³-hybridized carbons (Fsp3) is 0.364. The topological polar surface area (TPSA) is 55.4 Å². The number of carbonyl (C=O) groups is 2. The highest BCUT2D eigenvalue weighted by Gasteiger charge is 2.26. The molecular weight excluding hydrogens is 377 g/mol. The second-order valence-electron chi connectivity index (χ2n) is 7.10. The second-order valence-corrected chi connectivity index (χ2v) is 8.20. The number of carbonyl (C=O) groups excluding carboxylic acids is 2. The van der Waals surface area contributed by atoms with E-state index >= 15 is 0 Å². The lowest BCUT2D eigenvalue weighted by atomic mass is 10.1. The molecule has 6 heteroatoms. The molecular formula is C22H24FNO3S. The molecule has 1 aliphatic rings. The summed E-state index contributed by atoms with van der Waals surface area (Å²) < 4.78 is 18.4. The van der Waals surface area contributed by atoms with Crippen LogP contribution in [0.4, 0.5) is 9.39 Å². The van der Waals surface area contributed by atoms with Crippen molar-refractivity contribution in [3.8, 4) is 0 Å². The summed E-state index contributed by atoms with van der Waals surface area (Å²) in [6, 6.07) is 5.87. The summed E-state index contributed by atoms with van der Waals surface area (Å²) in [5.74, 6) is -1.04. The number of hydrogen-bond donors (Lipinski definition) is 1. The number of halogens is 1. The predicted octanol–water partition coefficient (Wildman–Crippen LogP) is 5.37. The Morgan fingerprint density at radius 2 is 1.86 bits per heavy atom. The number of hydrogen-bond acceptors (Lipinski definition) is 4. The van der Waals surface area contributed by atoms with Gasteiger partial charge in [-0.25, -0.2) is 9.18 Å². The number of benzene rings is 1. The Labute approximate surface area is 168 Å². The standard InChI is InChI=1S/C22H24FNO3S/c1-14(2)27-22(26)20-17-6-4-3-5-7-18(17)28-21(20)24-19(25)13-10-15-8-11-16(23)12-9-15/h8-14H,3-7H2,1-2H3,(H,24,25)/b13-10+. The number of amides is 1. The molecule has 0 unspecified atom stereocenters. The summed E-state index contributed by atoms with van der Waals surface area (Å²) in [6.45, 7) is 3.62. The first kappa shape index (κ1) is 20.3. The minimum Gasteiger partial charge on any atom is -0.459 e. The molecule has 2 aromatic rings. The van der Waals surface area contributed by atoms with E-state index in [0.29, 0.717) is 10.6 Å². The van der Waals surface area contributed by atoms with Gasteiger partial charge in [-0.1, -0.05) is 18.6 Å². The predicted molar refractivity (Wildman–Crippen MR) is 110 cm³/mol. The van der Waals surface area contributed by atoms with E-state index in [-0.39, 0.29) is 23.8 Å². The molecule has 0 saturated carbocycles. The van der Waals surface area contributed by atoms with Gasteiger partial charge in [-0.2, -0.15) is 0 Å². The lowest BCUT2D eigenvalue weighted by molar-refractivity contribution is -0.111. The summed E-state index contributed by atoms with van der Waals surface area (Å²) in [7, 11) is 0. The zero-order chi connectivity index (χ0) is 20.1. The molecule has 148 valence electrons. The van der Waals surface area contributed by atoms with Crippen molar-refractivity contribution in [3.05, 3.63) is 57.7 Å². The largest absolute Gasteiger partial charge is 0.459 e. The second kappa shape index (κ2) is 9.15. The van der Waals surface area contributed by atoms with Crippen molar-refractivity contribution in [2.75, 3.05) is 5.32 Å². The Bertz CT molecular complexity index is 884. The third-order valence-electron chi connectivity index (χ3n) is 4.50. The summed E-state index contributed by atoms with van der Waals surface area (Å²) in [5, 5.41) is 3.39. The van der Waals surface area contributed by atoms with Gasteiger partial charge in [0.15, 0.2) is 0 Å². The van der Waals surface area contributed by atoms with Crippen molar-refractivity contribution in [1.82, 2.24) is 0 Å². The first-order valence-corrected chi connectivity index (χ1v) is 10.4. The molecule has 0 fully saturated rings. The normalized spacial score (nSPS) is 14.0. The highest BCUT2D eigenvalue weighted by atomic mass is 32.1. The highest BCUT2D eigenvalue weighted by Crippen LogP contribution is 2.38. The van der Waals surface area contributed by atoms with Crippen LogP contribution in [0.5, 0.6) is 0 Å². The van der Waals surface area contributed by atoms with Crippen molar-refractivity contribution in [2.24, 2.45) is 0 Å². The quantitative estimate of drug-likeness (QED) is 0.416. The van der Waals surface area contributed by atoms with Gasteiger partial charge < -0.3 is 10.1 Å². The minimum absolute atomic E-state index is 0.226. The Balaban J connectivity index is 1.82.